The van der Waals surface area contributed by atoms with Gasteiger partial charge in [0.15, 0.2) is 6.10 Å². The molecule has 0 bridgehead atoms. The van der Waals surface area contributed by atoms with Crippen LogP contribution in [-0.2, 0) is 14.3 Å². The standard InChI is InChI=1S/C9H18BrNO3Si/c1-7(14-8(2)12)9(13)11(3)6-15(4,5)10/h7H,6H2,1-5H3. The quantitative estimate of drug-likeness (QED) is 0.449. The summed E-state index contributed by atoms with van der Waals surface area (Å²) in [5, 5.41) is 0. The minimum atomic E-state index is -1.49. The predicted octanol–water partition coefficient (Wildman–Crippen LogP) is 1.54. The van der Waals surface area contributed by atoms with Gasteiger partial charge in [0.2, 0.25) is 0 Å². The second-order valence-electron chi connectivity index (χ2n) is 4.16. The Morgan fingerprint density at radius 1 is 1.47 bits per heavy atom. The van der Waals surface area contributed by atoms with E-state index in [0.717, 1.165) is 0 Å². The number of carbonyl (C=O) groups excluding carboxylic acids is 2. The molecular formula is C9H18BrNO3Si. The van der Waals surface area contributed by atoms with Crippen molar-refractivity contribution < 1.29 is 14.3 Å². The fourth-order valence-electron chi connectivity index (χ4n) is 1.25. The van der Waals surface area contributed by atoms with Crippen LogP contribution in [0.15, 0.2) is 0 Å². The molecule has 0 saturated heterocycles. The first-order chi connectivity index (χ1) is 6.63. The number of rotatable bonds is 4. The number of halogens is 1. The van der Waals surface area contributed by atoms with Crippen molar-refractivity contribution >= 4 is 33.9 Å². The number of hydrogen-bond donors (Lipinski definition) is 0. The van der Waals surface area contributed by atoms with Gasteiger partial charge in [-0.2, -0.15) is 0 Å². The molecule has 0 spiro atoms. The SMILES string of the molecule is CC(=O)OC(C)C(=O)N(C)C[Si](C)(C)Br. The van der Waals surface area contributed by atoms with Gasteiger partial charge in [-0.3, -0.25) is 9.59 Å². The van der Waals surface area contributed by atoms with Crippen LogP contribution in [0.3, 0.4) is 0 Å². The summed E-state index contributed by atoms with van der Waals surface area (Å²) in [7, 11) is 1.72. The fourth-order valence-corrected chi connectivity index (χ4v) is 3.66. The molecule has 6 heteroatoms. The molecule has 0 aromatic carbocycles. The molecule has 0 fully saturated rings. The molecule has 1 amide bonds. The Bertz CT molecular complexity index is 252. The molecular weight excluding hydrogens is 278 g/mol. The van der Waals surface area contributed by atoms with Crippen LogP contribution in [0.5, 0.6) is 0 Å². The largest absolute Gasteiger partial charge is 0.453 e. The van der Waals surface area contributed by atoms with Crippen LogP contribution in [0.25, 0.3) is 0 Å². The molecule has 88 valence electrons. The van der Waals surface area contributed by atoms with Gasteiger partial charge in [-0.05, 0) is 6.92 Å². The van der Waals surface area contributed by atoms with Crippen LogP contribution in [0.1, 0.15) is 13.8 Å². The lowest BCUT2D eigenvalue weighted by molar-refractivity contribution is -0.156. The highest BCUT2D eigenvalue weighted by Gasteiger charge is 2.25. The summed E-state index contributed by atoms with van der Waals surface area (Å²) < 4.78 is 4.82. The maximum atomic E-state index is 11.7. The van der Waals surface area contributed by atoms with Crippen molar-refractivity contribution in [2.45, 2.75) is 33.0 Å². The van der Waals surface area contributed by atoms with Gasteiger partial charge in [-0.25, -0.2) is 0 Å². The monoisotopic (exact) mass is 295 g/mol. The molecule has 0 rings (SSSR count). The zero-order valence-corrected chi connectivity index (χ0v) is 12.4. The number of ether oxygens (including phenoxy) is 1. The van der Waals surface area contributed by atoms with Crippen molar-refractivity contribution in [1.82, 2.24) is 4.90 Å². The first-order valence-electron chi connectivity index (χ1n) is 4.74. The van der Waals surface area contributed by atoms with Crippen LogP contribution in [0, 0.1) is 0 Å². The number of nitrogens with zero attached hydrogens (tertiary/aromatic N) is 1. The van der Waals surface area contributed by atoms with Gasteiger partial charge in [0, 0.05) is 20.1 Å². The van der Waals surface area contributed by atoms with Gasteiger partial charge in [-0.15, -0.1) is 15.3 Å². The summed E-state index contributed by atoms with van der Waals surface area (Å²) in [6.07, 6.45) is -0.00592. The number of likely N-dealkylation sites (N-methyl/N-ethyl adjacent to an activating group) is 1. The molecule has 0 aliphatic heterocycles. The zero-order valence-electron chi connectivity index (χ0n) is 9.83. The van der Waals surface area contributed by atoms with E-state index in [1.807, 2.05) is 0 Å². The molecule has 1 unspecified atom stereocenters. The van der Waals surface area contributed by atoms with Crippen LogP contribution < -0.4 is 0 Å². The molecule has 0 aliphatic carbocycles. The lowest BCUT2D eigenvalue weighted by Gasteiger charge is -2.25. The van der Waals surface area contributed by atoms with Crippen LogP contribution in [-0.4, -0.2) is 42.8 Å². The molecule has 0 radical (unpaired) electrons. The molecule has 0 saturated carbocycles. The smallest absolute Gasteiger partial charge is 0.303 e. The van der Waals surface area contributed by atoms with Crippen molar-refractivity contribution in [3.8, 4) is 0 Å². The fraction of sp³-hybridized carbons (Fsp3) is 0.778. The Kier molecular flexibility index (Phi) is 5.51. The van der Waals surface area contributed by atoms with Gasteiger partial charge >= 0.3 is 5.97 Å². The highest BCUT2D eigenvalue weighted by Crippen LogP contribution is 2.12. The molecule has 4 nitrogen and oxygen atoms in total. The van der Waals surface area contributed by atoms with Gasteiger partial charge in [0.25, 0.3) is 5.91 Å². The highest BCUT2D eigenvalue weighted by molar-refractivity contribution is 9.26. The molecule has 15 heavy (non-hydrogen) atoms. The van der Waals surface area contributed by atoms with E-state index < -0.39 is 18.8 Å². The summed E-state index contributed by atoms with van der Waals surface area (Å²) in [5.74, 6) is -0.593. The first-order valence-corrected chi connectivity index (χ1v) is 10.2. The van der Waals surface area contributed by atoms with E-state index in [1.54, 1.807) is 18.9 Å². The Labute approximate surface area is 99.6 Å². The van der Waals surface area contributed by atoms with Crippen molar-refractivity contribution in [3.63, 3.8) is 0 Å². The number of amides is 1. The summed E-state index contributed by atoms with van der Waals surface area (Å²) in [5.41, 5.74) is 0. The number of esters is 1. The molecule has 0 aromatic rings. The molecule has 1 atom stereocenters. The number of hydrogen-bond acceptors (Lipinski definition) is 3. The van der Waals surface area contributed by atoms with Crippen molar-refractivity contribution in [3.05, 3.63) is 0 Å². The third-order valence-electron chi connectivity index (χ3n) is 1.68. The lowest BCUT2D eigenvalue weighted by atomic mass is 10.3. The van der Waals surface area contributed by atoms with E-state index in [0.29, 0.717) is 6.17 Å². The van der Waals surface area contributed by atoms with Gasteiger partial charge in [0.05, 0.1) is 0 Å². The maximum absolute atomic E-state index is 11.7. The van der Waals surface area contributed by atoms with E-state index in [4.69, 9.17) is 4.74 Å². The highest BCUT2D eigenvalue weighted by atomic mass is 79.9. The van der Waals surface area contributed by atoms with E-state index in [2.05, 4.69) is 28.4 Å². The van der Waals surface area contributed by atoms with Crippen molar-refractivity contribution in [2.75, 3.05) is 13.2 Å². The second-order valence-corrected chi connectivity index (χ2v) is 14.4. The third-order valence-corrected chi connectivity index (χ3v) is 3.66. The number of carbonyl (C=O) groups is 2. The Hall–Kier alpha value is -0.363. The second kappa shape index (κ2) is 5.65. The Balaban J connectivity index is 4.26. The third kappa shape index (κ3) is 6.67. The average Bonchev–Trinajstić information content (AvgIpc) is 1.98. The lowest BCUT2D eigenvalue weighted by Crippen LogP contribution is -2.44. The van der Waals surface area contributed by atoms with E-state index in [-0.39, 0.29) is 5.91 Å². The van der Waals surface area contributed by atoms with E-state index in [9.17, 15) is 9.59 Å². The molecule has 0 aliphatic rings. The molecule has 0 heterocycles. The van der Waals surface area contributed by atoms with Crippen molar-refractivity contribution in [1.29, 1.82) is 0 Å². The molecule has 0 aromatic heterocycles. The maximum Gasteiger partial charge on any atom is 0.303 e. The minimum Gasteiger partial charge on any atom is -0.453 e. The Morgan fingerprint density at radius 2 is 1.93 bits per heavy atom. The average molecular weight is 296 g/mol. The van der Waals surface area contributed by atoms with E-state index in [1.165, 1.54) is 6.92 Å². The van der Waals surface area contributed by atoms with Crippen LogP contribution in [0.4, 0.5) is 0 Å². The van der Waals surface area contributed by atoms with Crippen LogP contribution >= 0.6 is 15.3 Å². The van der Waals surface area contributed by atoms with E-state index >= 15 is 0 Å². The van der Waals surface area contributed by atoms with Gasteiger partial charge in [-0.1, -0.05) is 13.1 Å². The summed E-state index contributed by atoms with van der Waals surface area (Å²) >= 11 is 3.58. The summed E-state index contributed by atoms with van der Waals surface area (Å²) in [4.78, 5) is 24.0. The zero-order chi connectivity index (χ0) is 12.2. The predicted molar refractivity (Wildman–Crippen MR) is 65.3 cm³/mol. The van der Waals surface area contributed by atoms with Crippen molar-refractivity contribution in [2.24, 2.45) is 0 Å². The topological polar surface area (TPSA) is 46.6 Å². The van der Waals surface area contributed by atoms with Gasteiger partial charge in [0.1, 0.15) is 6.69 Å². The molecule has 0 N–H and O–H groups in total. The normalized spacial score (nSPS) is 13.2. The van der Waals surface area contributed by atoms with Crippen LogP contribution in [0.2, 0.25) is 13.1 Å². The summed E-state index contributed by atoms with van der Waals surface area (Å²) in [6, 6.07) is 0. The summed E-state index contributed by atoms with van der Waals surface area (Å²) in [6.45, 7) is 5.60. The first kappa shape index (κ1) is 14.6. The minimum absolute atomic E-state index is 0.162. The Morgan fingerprint density at radius 3 is 2.27 bits per heavy atom. The van der Waals surface area contributed by atoms with Gasteiger partial charge < -0.3 is 9.64 Å².